The van der Waals surface area contributed by atoms with Crippen LogP contribution >= 0.6 is 0 Å². The molecule has 0 fully saturated rings. The Morgan fingerprint density at radius 2 is 2.12 bits per heavy atom. The van der Waals surface area contributed by atoms with Gasteiger partial charge in [0.1, 0.15) is 17.5 Å². The minimum absolute atomic E-state index is 0.332. The second-order valence-corrected chi connectivity index (χ2v) is 3.74. The molecule has 17 heavy (non-hydrogen) atoms. The van der Waals surface area contributed by atoms with Crippen LogP contribution in [0.15, 0.2) is 30.6 Å². The van der Waals surface area contributed by atoms with Gasteiger partial charge in [-0.3, -0.25) is 0 Å². The molecule has 0 radical (unpaired) electrons. The molecule has 0 unspecified atom stereocenters. The smallest absolute Gasteiger partial charge is 0.129 e. The third-order valence-corrected chi connectivity index (χ3v) is 2.54. The Hall–Kier alpha value is -1.75. The molecule has 0 amide bonds. The Morgan fingerprint density at radius 1 is 1.29 bits per heavy atom. The Morgan fingerprint density at radius 3 is 2.82 bits per heavy atom. The topological polar surface area (TPSA) is 43.8 Å². The van der Waals surface area contributed by atoms with E-state index in [4.69, 9.17) is 5.73 Å². The van der Waals surface area contributed by atoms with Crippen molar-refractivity contribution in [1.82, 2.24) is 9.55 Å². The van der Waals surface area contributed by atoms with E-state index in [0.717, 1.165) is 11.9 Å². The van der Waals surface area contributed by atoms with Crippen LogP contribution in [0.2, 0.25) is 0 Å². The van der Waals surface area contributed by atoms with Gasteiger partial charge in [-0.1, -0.05) is 6.07 Å². The number of halogens is 2. The normalized spacial score (nSPS) is 10.8. The zero-order chi connectivity index (χ0) is 12.3. The number of benzene rings is 1. The Bertz CT molecular complexity index is 508. The fraction of sp³-hybridized carbons (Fsp3) is 0.250. The highest BCUT2D eigenvalue weighted by Crippen LogP contribution is 2.13. The van der Waals surface area contributed by atoms with Crippen LogP contribution in [0.1, 0.15) is 11.4 Å². The maximum atomic E-state index is 13.5. The molecule has 2 aromatic rings. The predicted molar refractivity (Wildman–Crippen MR) is 60.4 cm³/mol. The number of hydrogen-bond donors (Lipinski definition) is 1. The fourth-order valence-corrected chi connectivity index (χ4v) is 1.69. The number of imidazole rings is 1. The molecule has 5 heteroatoms. The molecule has 0 saturated heterocycles. The average Bonchev–Trinajstić information content (AvgIpc) is 2.71. The molecule has 2 N–H and O–H groups in total. The molecule has 1 aromatic carbocycles. The molecule has 0 aliphatic rings. The van der Waals surface area contributed by atoms with Crippen molar-refractivity contribution in [3.05, 3.63) is 53.6 Å². The van der Waals surface area contributed by atoms with Gasteiger partial charge in [-0.25, -0.2) is 13.8 Å². The van der Waals surface area contributed by atoms with E-state index in [1.807, 2.05) is 4.57 Å². The second-order valence-electron chi connectivity index (χ2n) is 3.74. The molecule has 0 atom stereocenters. The van der Waals surface area contributed by atoms with Crippen LogP contribution in [-0.2, 0) is 13.0 Å². The van der Waals surface area contributed by atoms with Crippen molar-refractivity contribution >= 4 is 0 Å². The van der Waals surface area contributed by atoms with Crippen molar-refractivity contribution in [3.63, 3.8) is 0 Å². The summed E-state index contributed by atoms with van der Waals surface area (Å²) >= 11 is 0. The van der Waals surface area contributed by atoms with Crippen molar-refractivity contribution in [1.29, 1.82) is 0 Å². The van der Waals surface area contributed by atoms with Crippen LogP contribution in [0.5, 0.6) is 0 Å². The molecule has 1 heterocycles. The largest absolute Gasteiger partial charge is 0.333 e. The lowest BCUT2D eigenvalue weighted by Crippen LogP contribution is -2.12. The Balaban J connectivity index is 2.22. The lowest BCUT2D eigenvalue weighted by atomic mass is 10.1. The Labute approximate surface area is 97.9 Å². The van der Waals surface area contributed by atoms with E-state index in [1.54, 1.807) is 12.4 Å². The minimum Gasteiger partial charge on any atom is -0.333 e. The van der Waals surface area contributed by atoms with Gasteiger partial charge in [0, 0.05) is 38.0 Å². The summed E-state index contributed by atoms with van der Waals surface area (Å²) in [6.07, 6.45) is 3.77. The van der Waals surface area contributed by atoms with E-state index < -0.39 is 11.6 Å². The van der Waals surface area contributed by atoms with Crippen LogP contribution in [0.4, 0.5) is 8.78 Å². The van der Waals surface area contributed by atoms with Crippen LogP contribution in [0.3, 0.4) is 0 Å². The van der Waals surface area contributed by atoms with Crippen molar-refractivity contribution in [2.24, 2.45) is 5.73 Å². The molecule has 0 aliphatic carbocycles. The lowest BCUT2D eigenvalue weighted by Gasteiger charge is -2.07. The van der Waals surface area contributed by atoms with E-state index in [9.17, 15) is 8.78 Å². The summed E-state index contributed by atoms with van der Waals surface area (Å²) in [4.78, 5) is 4.14. The third-order valence-electron chi connectivity index (χ3n) is 2.54. The van der Waals surface area contributed by atoms with E-state index in [1.165, 1.54) is 12.1 Å². The quantitative estimate of drug-likeness (QED) is 0.879. The maximum Gasteiger partial charge on any atom is 0.129 e. The SMILES string of the molecule is NCCn1ccnc1Cc1ccc(F)cc1F. The van der Waals surface area contributed by atoms with E-state index in [2.05, 4.69) is 4.98 Å². The first-order chi connectivity index (χ1) is 8.20. The predicted octanol–water partition coefficient (Wildman–Crippen LogP) is 1.71. The van der Waals surface area contributed by atoms with E-state index in [-0.39, 0.29) is 0 Å². The summed E-state index contributed by atoms with van der Waals surface area (Å²) in [7, 11) is 0. The molecule has 2 rings (SSSR count). The van der Waals surface area contributed by atoms with Gasteiger partial charge >= 0.3 is 0 Å². The highest BCUT2D eigenvalue weighted by atomic mass is 19.1. The van der Waals surface area contributed by atoms with Crippen molar-refractivity contribution < 1.29 is 8.78 Å². The first-order valence-electron chi connectivity index (χ1n) is 5.34. The second kappa shape index (κ2) is 5.05. The van der Waals surface area contributed by atoms with Gasteiger partial charge in [-0.05, 0) is 11.6 Å². The first kappa shape index (κ1) is 11.7. The van der Waals surface area contributed by atoms with Crippen molar-refractivity contribution in [3.8, 4) is 0 Å². The van der Waals surface area contributed by atoms with Crippen LogP contribution in [0, 0.1) is 11.6 Å². The monoisotopic (exact) mass is 237 g/mol. The summed E-state index contributed by atoms with van der Waals surface area (Å²) in [5.41, 5.74) is 5.89. The average molecular weight is 237 g/mol. The van der Waals surface area contributed by atoms with Crippen molar-refractivity contribution in [2.45, 2.75) is 13.0 Å². The molecule has 0 bridgehead atoms. The highest BCUT2D eigenvalue weighted by molar-refractivity contribution is 5.22. The van der Waals surface area contributed by atoms with Crippen LogP contribution in [-0.4, -0.2) is 16.1 Å². The van der Waals surface area contributed by atoms with Gasteiger partial charge in [-0.2, -0.15) is 0 Å². The van der Waals surface area contributed by atoms with E-state index in [0.29, 0.717) is 25.1 Å². The molecule has 0 spiro atoms. The lowest BCUT2D eigenvalue weighted by molar-refractivity contribution is 0.571. The summed E-state index contributed by atoms with van der Waals surface area (Å²) in [6, 6.07) is 3.56. The van der Waals surface area contributed by atoms with Crippen LogP contribution in [0.25, 0.3) is 0 Å². The van der Waals surface area contributed by atoms with Gasteiger partial charge in [0.2, 0.25) is 0 Å². The molecule has 90 valence electrons. The zero-order valence-corrected chi connectivity index (χ0v) is 9.24. The van der Waals surface area contributed by atoms with Gasteiger partial charge in [0.25, 0.3) is 0 Å². The van der Waals surface area contributed by atoms with Gasteiger partial charge in [0.05, 0.1) is 0 Å². The van der Waals surface area contributed by atoms with Gasteiger partial charge in [0.15, 0.2) is 0 Å². The summed E-state index contributed by atoms with van der Waals surface area (Å²) in [6.45, 7) is 1.13. The summed E-state index contributed by atoms with van der Waals surface area (Å²) < 4.78 is 28.1. The first-order valence-corrected chi connectivity index (χ1v) is 5.34. The van der Waals surface area contributed by atoms with Gasteiger partial charge in [-0.15, -0.1) is 0 Å². The molecule has 0 saturated carbocycles. The number of aromatic nitrogens is 2. The maximum absolute atomic E-state index is 13.5. The summed E-state index contributed by atoms with van der Waals surface area (Å²) in [5, 5.41) is 0. The van der Waals surface area contributed by atoms with Crippen molar-refractivity contribution in [2.75, 3.05) is 6.54 Å². The molecule has 3 nitrogen and oxygen atoms in total. The number of hydrogen-bond acceptors (Lipinski definition) is 2. The minimum atomic E-state index is -0.573. The molecular formula is C12H13F2N3. The summed E-state index contributed by atoms with van der Waals surface area (Å²) in [5.74, 6) is -0.398. The van der Waals surface area contributed by atoms with Crippen LogP contribution < -0.4 is 5.73 Å². The highest BCUT2D eigenvalue weighted by Gasteiger charge is 2.08. The molecule has 0 aliphatic heterocycles. The Kier molecular flexibility index (Phi) is 3.49. The molecular weight excluding hydrogens is 224 g/mol. The van der Waals surface area contributed by atoms with Gasteiger partial charge < -0.3 is 10.3 Å². The standard InChI is InChI=1S/C12H13F2N3/c13-10-2-1-9(11(14)8-10)7-12-16-4-6-17(12)5-3-15/h1-2,4,6,8H,3,5,7,15H2. The molecule has 1 aromatic heterocycles. The van der Waals surface area contributed by atoms with E-state index >= 15 is 0 Å². The third kappa shape index (κ3) is 2.68. The number of nitrogens with zero attached hydrogens (tertiary/aromatic N) is 2. The number of rotatable bonds is 4. The zero-order valence-electron chi connectivity index (χ0n) is 9.24. The fourth-order valence-electron chi connectivity index (χ4n) is 1.69. The number of nitrogens with two attached hydrogens (primary N) is 1.